The van der Waals surface area contributed by atoms with E-state index in [0.717, 1.165) is 5.56 Å². The second kappa shape index (κ2) is 7.96. The van der Waals surface area contributed by atoms with Crippen LogP contribution in [0.15, 0.2) is 53.1 Å². The Morgan fingerprint density at radius 2 is 2.00 bits per heavy atom. The molecule has 0 saturated heterocycles. The van der Waals surface area contributed by atoms with Gasteiger partial charge in [-0.25, -0.2) is 0 Å². The van der Waals surface area contributed by atoms with Gasteiger partial charge in [0.1, 0.15) is 6.54 Å². The Morgan fingerprint density at radius 3 is 2.67 bits per heavy atom. The monoisotopic (exact) mass is 386 g/mol. The van der Waals surface area contributed by atoms with Gasteiger partial charge < -0.3 is 9.42 Å². The number of aromatic nitrogens is 2. The van der Waals surface area contributed by atoms with Crippen LogP contribution in [-0.2, 0) is 6.54 Å². The predicted molar refractivity (Wildman–Crippen MR) is 98.3 cm³/mol. The van der Waals surface area contributed by atoms with E-state index in [-0.39, 0.29) is 29.6 Å². The second-order valence-corrected chi connectivity index (χ2v) is 6.08. The van der Waals surface area contributed by atoms with Crippen LogP contribution in [0, 0.1) is 10.1 Å². The van der Waals surface area contributed by atoms with E-state index in [1.54, 1.807) is 31.2 Å². The average Bonchev–Trinajstić information content (AvgIpc) is 3.15. The maximum Gasteiger partial charge on any atom is 0.270 e. The summed E-state index contributed by atoms with van der Waals surface area (Å²) in [6.45, 7) is 2.27. The van der Waals surface area contributed by atoms with Crippen molar-refractivity contribution in [3.05, 3.63) is 75.1 Å². The van der Waals surface area contributed by atoms with Gasteiger partial charge in [-0.3, -0.25) is 14.9 Å². The molecule has 8 nitrogen and oxygen atoms in total. The van der Waals surface area contributed by atoms with Crippen LogP contribution in [0.25, 0.3) is 11.4 Å². The Bertz CT molecular complexity index is 972. The van der Waals surface area contributed by atoms with Gasteiger partial charge in [0.05, 0.1) is 4.92 Å². The lowest BCUT2D eigenvalue weighted by Gasteiger charge is -2.18. The minimum absolute atomic E-state index is 0.0958. The molecular weight excluding hydrogens is 372 g/mol. The Balaban J connectivity index is 1.77. The molecule has 0 unspecified atom stereocenters. The van der Waals surface area contributed by atoms with E-state index in [4.69, 9.17) is 16.1 Å². The summed E-state index contributed by atoms with van der Waals surface area (Å²) < 4.78 is 5.23. The van der Waals surface area contributed by atoms with Gasteiger partial charge in [-0.2, -0.15) is 4.98 Å². The summed E-state index contributed by atoms with van der Waals surface area (Å²) >= 11 is 5.87. The normalized spacial score (nSPS) is 10.6. The topological polar surface area (TPSA) is 102 Å². The van der Waals surface area contributed by atoms with Crippen LogP contribution in [0.4, 0.5) is 5.69 Å². The lowest BCUT2D eigenvalue weighted by Crippen LogP contribution is -2.30. The molecule has 3 rings (SSSR count). The molecule has 0 spiro atoms. The van der Waals surface area contributed by atoms with Crippen molar-refractivity contribution in [3.63, 3.8) is 0 Å². The standard InChI is InChI=1S/C18H15ClN4O4/c1-2-22(18(24)13-4-3-5-15(10-13)23(25)26)11-16-20-17(21-27-16)12-6-8-14(19)9-7-12/h3-10H,2,11H2,1H3. The van der Waals surface area contributed by atoms with Crippen molar-refractivity contribution in [2.24, 2.45) is 0 Å². The zero-order valence-corrected chi connectivity index (χ0v) is 15.1. The first kappa shape index (κ1) is 18.5. The molecule has 9 heteroatoms. The smallest absolute Gasteiger partial charge is 0.270 e. The van der Waals surface area contributed by atoms with Crippen LogP contribution in [0.5, 0.6) is 0 Å². The number of carbonyl (C=O) groups excluding carboxylic acids is 1. The van der Waals surface area contributed by atoms with E-state index < -0.39 is 4.92 Å². The molecule has 0 radical (unpaired) electrons. The molecule has 0 atom stereocenters. The summed E-state index contributed by atoms with van der Waals surface area (Å²) in [6.07, 6.45) is 0. The summed E-state index contributed by atoms with van der Waals surface area (Å²) in [6, 6.07) is 12.6. The molecule has 0 aliphatic heterocycles. The highest BCUT2D eigenvalue weighted by atomic mass is 35.5. The number of hydrogen-bond donors (Lipinski definition) is 0. The quantitative estimate of drug-likeness (QED) is 0.469. The maximum atomic E-state index is 12.7. The van der Waals surface area contributed by atoms with Crippen LogP contribution >= 0.6 is 11.6 Å². The van der Waals surface area contributed by atoms with Crippen LogP contribution in [0.3, 0.4) is 0 Å². The van der Waals surface area contributed by atoms with Gasteiger partial charge in [0.25, 0.3) is 11.6 Å². The highest BCUT2D eigenvalue weighted by molar-refractivity contribution is 6.30. The first-order chi connectivity index (χ1) is 13.0. The lowest BCUT2D eigenvalue weighted by atomic mass is 10.1. The molecule has 0 saturated carbocycles. The fraction of sp³-hybridized carbons (Fsp3) is 0.167. The molecule has 0 aliphatic rings. The summed E-state index contributed by atoms with van der Waals surface area (Å²) in [7, 11) is 0. The SMILES string of the molecule is CCN(Cc1nc(-c2ccc(Cl)cc2)no1)C(=O)c1cccc([N+](=O)[O-])c1. The number of hydrogen-bond acceptors (Lipinski definition) is 6. The Hall–Kier alpha value is -3.26. The fourth-order valence-electron chi connectivity index (χ4n) is 2.46. The maximum absolute atomic E-state index is 12.7. The van der Waals surface area contributed by atoms with E-state index in [2.05, 4.69) is 10.1 Å². The first-order valence-corrected chi connectivity index (χ1v) is 8.48. The molecule has 2 aromatic carbocycles. The van der Waals surface area contributed by atoms with Crippen molar-refractivity contribution in [2.75, 3.05) is 6.54 Å². The Morgan fingerprint density at radius 1 is 1.26 bits per heavy atom. The van der Waals surface area contributed by atoms with Gasteiger partial charge in [0.15, 0.2) is 0 Å². The third-order valence-electron chi connectivity index (χ3n) is 3.87. The molecule has 3 aromatic rings. The number of halogens is 1. The largest absolute Gasteiger partial charge is 0.337 e. The highest BCUT2D eigenvalue weighted by Crippen LogP contribution is 2.20. The molecule has 138 valence electrons. The number of nitro benzene ring substituents is 1. The number of nitrogens with zero attached hydrogens (tertiary/aromatic N) is 4. The molecule has 27 heavy (non-hydrogen) atoms. The van der Waals surface area contributed by atoms with Crippen molar-refractivity contribution in [1.29, 1.82) is 0 Å². The summed E-state index contributed by atoms with van der Waals surface area (Å²) in [5, 5.41) is 15.4. The fourth-order valence-corrected chi connectivity index (χ4v) is 2.59. The van der Waals surface area contributed by atoms with Gasteiger partial charge in [-0.05, 0) is 37.3 Å². The Kier molecular flexibility index (Phi) is 5.46. The van der Waals surface area contributed by atoms with E-state index in [9.17, 15) is 14.9 Å². The predicted octanol–water partition coefficient (Wildman–Crippen LogP) is 3.96. The molecule has 0 N–H and O–H groups in total. The van der Waals surface area contributed by atoms with Gasteiger partial charge in [-0.1, -0.05) is 22.8 Å². The summed E-state index contributed by atoms with van der Waals surface area (Å²) in [5.41, 5.74) is 0.825. The number of benzene rings is 2. The number of rotatable bonds is 6. The molecule has 1 aromatic heterocycles. The van der Waals surface area contributed by atoms with Gasteiger partial charge in [0, 0.05) is 34.8 Å². The minimum Gasteiger partial charge on any atom is -0.337 e. The van der Waals surface area contributed by atoms with Crippen molar-refractivity contribution in [3.8, 4) is 11.4 Å². The van der Waals surface area contributed by atoms with Crippen LogP contribution < -0.4 is 0 Å². The second-order valence-electron chi connectivity index (χ2n) is 5.65. The molecule has 1 heterocycles. The number of carbonyl (C=O) groups is 1. The van der Waals surface area contributed by atoms with E-state index >= 15 is 0 Å². The van der Waals surface area contributed by atoms with Gasteiger partial charge >= 0.3 is 0 Å². The van der Waals surface area contributed by atoms with Crippen LogP contribution in [0.2, 0.25) is 5.02 Å². The zero-order valence-electron chi connectivity index (χ0n) is 14.3. The van der Waals surface area contributed by atoms with Crippen molar-refractivity contribution >= 4 is 23.2 Å². The number of nitro groups is 1. The summed E-state index contributed by atoms with van der Waals surface area (Å²) in [5.74, 6) is 0.300. The van der Waals surface area contributed by atoms with E-state index in [1.807, 2.05) is 0 Å². The number of non-ortho nitro benzene ring substituents is 1. The lowest BCUT2D eigenvalue weighted by molar-refractivity contribution is -0.384. The van der Waals surface area contributed by atoms with Gasteiger partial charge in [0.2, 0.25) is 11.7 Å². The third-order valence-corrected chi connectivity index (χ3v) is 4.12. The molecule has 0 aliphatic carbocycles. The van der Waals surface area contributed by atoms with Crippen molar-refractivity contribution in [2.45, 2.75) is 13.5 Å². The average molecular weight is 387 g/mol. The number of amides is 1. The zero-order chi connectivity index (χ0) is 19.4. The molecule has 1 amide bonds. The van der Waals surface area contributed by atoms with E-state index in [1.165, 1.54) is 29.2 Å². The Labute approximate surface area is 159 Å². The van der Waals surface area contributed by atoms with Crippen LogP contribution in [-0.4, -0.2) is 32.4 Å². The minimum atomic E-state index is -0.538. The van der Waals surface area contributed by atoms with Crippen molar-refractivity contribution in [1.82, 2.24) is 15.0 Å². The molecule has 0 fully saturated rings. The first-order valence-electron chi connectivity index (χ1n) is 8.10. The third kappa shape index (κ3) is 4.29. The van der Waals surface area contributed by atoms with Crippen molar-refractivity contribution < 1.29 is 14.2 Å². The molecule has 0 bridgehead atoms. The molecular formula is C18H15ClN4O4. The summed E-state index contributed by atoms with van der Waals surface area (Å²) in [4.78, 5) is 28.8. The highest BCUT2D eigenvalue weighted by Gasteiger charge is 2.20. The van der Waals surface area contributed by atoms with Gasteiger partial charge in [-0.15, -0.1) is 0 Å². The van der Waals surface area contributed by atoms with Crippen LogP contribution in [0.1, 0.15) is 23.2 Å². The van der Waals surface area contributed by atoms with E-state index in [0.29, 0.717) is 17.4 Å².